The van der Waals surface area contributed by atoms with Gasteiger partial charge in [0.25, 0.3) is 5.91 Å². The van der Waals surface area contributed by atoms with Crippen LogP contribution >= 0.6 is 24.0 Å². The molecule has 2 rings (SSSR count). The smallest absolute Gasteiger partial charge is 0.307 e. The molecule has 7 heteroatoms. The van der Waals surface area contributed by atoms with Gasteiger partial charge in [0.2, 0.25) is 0 Å². The summed E-state index contributed by atoms with van der Waals surface area (Å²) in [4.78, 5) is 26.0. The maximum atomic E-state index is 12.5. The number of carbonyl (C=O) groups is 2. The zero-order valence-electron chi connectivity index (χ0n) is 14.3. The van der Waals surface area contributed by atoms with Gasteiger partial charge in [-0.3, -0.25) is 14.5 Å². The zero-order chi connectivity index (χ0) is 18.2. The van der Waals surface area contributed by atoms with Gasteiger partial charge >= 0.3 is 5.97 Å². The van der Waals surface area contributed by atoms with Gasteiger partial charge in [0.15, 0.2) is 0 Å². The first-order valence-electron chi connectivity index (χ1n) is 8.19. The first kappa shape index (κ1) is 19.5. The maximum absolute atomic E-state index is 12.5. The molecule has 0 radical (unpaired) electrons. The summed E-state index contributed by atoms with van der Waals surface area (Å²) in [5, 5.41) is 0. The van der Waals surface area contributed by atoms with E-state index in [0.29, 0.717) is 22.4 Å². The molecule has 134 valence electrons. The Balaban J connectivity index is 2.05. The number of nitrogens with zero attached hydrogens (tertiary/aromatic N) is 1. The Morgan fingerprint density at radius 1 is 1.36 bits per heavy atom. The number of carbonyl (C=O) groups excluding carboxylic acids is 2. The van der Waals surface area contributed by atoms with Crippen molar-refractivity contribution in [1.82, 2.24) is 4.90 Å². The summed E-state index contributed by atoms with van der Waals surface area (Å²) < 4.78 is 11.0. The number of amides is 1. The van der Waals surface area contributed by atoms with E-state index in [-0.39, 0.29) is 24.8 Å². The summed E-state index contributed by atoms with van der Waals surface area (Å²) in [6, 6.07) is 7.57. The van der Waals surface area contributed by atoms with Crippen molar-refractivity contribution >= 4 is 46.3 Å². The average molecular weight is 380 g/mol. The summed E-state index contributed by atoms with van der Waals surface area (Å²) >= 11 is 6.50. The lowest BCUT2D eigenvalue weighted by atomic mass is 10.2. The van der Waals surface area contributed by atoms with E-state index in [1.54, 1.807) is 13.0 Å². The van der Waals surface area contributed by atoms with Crippen LogP contribution in [0, 0.1) is 0 Å². The highest BCUT2D eigenvalue weighted by molar-refractivity contribution is 8.26. The second-order valence-electron chi connectivity index (χ2n) is 5.31. The first-order chi connectivity index (χ1) is 12.0. The normalized spacial score (nSPS) is 15.8. The van der Waals surface area contributed by atoms with Gasteiger partial charge in [-0.25, -0.2) is 0 Å². The molecule has 1 aromatic rings. The third kappa shape index (κ3) is 5.57. The Morgan fingerprint density at radius 2 is 2.16 bits per heavy atom. The van der Waals surface area contributed by atoms with Crippen LogP contribution in [0.4, 0.5) is 0 Å². The Hall–Kier alpha value is -1.86. The standard InChI is InChI=1S/C18H21NO4S2/c1-3-10-23-14-7-5-6-13(11-14)12-15-17(21)19(18(24)25-15)9-8-16(20)22-4-2/h5-7,11-12H,3-4,8-10H2,1-2H3/b15-12+. The number of thiocarbonyl (C=S) groups is 1. The summed E-state index contributed by atoms with van der Waals surface area (Å²) in [5.41, 5.74) is 0.875. The molecule has 1 fully saturated rings. The second kappa shape index (κ2) is 9.58. The average Bonchev–Trinajstić information content (AvgIpc) is 2.85. The maximum Gasteiger partial charge on any atom is 0.307 e. The molecule has 0 aromatic heterocycles. The van der Waals surface area contributed by atoms with Crippen LogP contribution in [0.5, 0.6) is 5.75 Å². The zero-order valence-corrected chi connectivity index (χ0v) is 16.0. The lowest BCUT2D eigenvalue weighted by molar-refractivity contribution is -0.143. The number of ether oxygens (including phenoxy) is 2. The molecule has 1 heterocycles. The van der Waals surface area contributed by atoms with Crippen molar-refractivity contribution in [2.45, 2.75) is 26.7 Å². The number of hydrogen-bond donors (Lipinski definition) is 0. The van der Waals surface area contributed by atoms with E-state index < -0.39 is 0 Å². The van der Waals surface area contributed by atoms with E-state index >= 15 is 0 Å². The molecule has 0 atom stereocenters. The van der Waals surface area contributed by atoms with Crippen LogP contribution in [0.15, 0.2) is 29.2 Å². The van der Waals surface area contributed by atoms with Gasteiger partial charge in [0.05, 0.1) is 24.5 Å². The van der Waals surface area contributed by atoms with Gasteiger partial charge in [-0.2, -0.15) is 0 Å². The Bertz CT molecular complexity index is 687. The van der Waals surface area contributed by atoms with Crippen LogP contribution in [-0.4, -0.2) is 40.9 Å². The van der Waals surface area contributed by atoms with Gasteiger partial charge in [-0.1, -0.05) is 43.0 Å². The fraction of sp³-hybridized carbons (Fsp3) is 0.389. The van der Waals surface area contributed by atoms with Crippen molar-refractivity contribution in [3.05, 3.63) is 34.7 Å². The molecule has 0 saturated carbocycles. The monoisotopic (exact) mass is 379 g/mol. The van der Waals surface area contributed by atoms with Crippen molar-refractivity contribution < 1.29 is 19.1 Å². The third-order valence-corrected chi connectivity index (χ3v) is 4.72. The molecule has 1 saturated heterocycles. The van der Waals surface area contributed by atoms with Gasteiger partial charge in [0, 0.05) is 6.54 Å². The molecule has 1 aliphatic rings. The van der Waals surface area contributed by atoms with Gasteiger partial charge in [-0.05, 0) is 37.1 Å². The summed E-state index contributed by atoms with van der Waals surface area (Å²) in [6.07, 6.45) is 2.86. The second-order valence-corrected chi connectivity index (χ2v) is 6.99. The summed E-state index contributed by atoms with van der Waals surface area (Å²) in [6.45, 7) is 5.01. The highest BCUT2D eigenvalue weighted by Crippen LogP contribution is 2.33. The van der Waals surface area contributed by atoms with E-state index in [0.717, 1.165) is 17.7 Å². The molecule has 0 spiro atoms. The quantitative estimate of drug-likeness (QED) is 0.391. The van der Waals surface area contributed by atoms with Crippen LogP contribution in [0.25, 0.3) is 6.08 Å². The van der Waals surface area contributed by atoms with Gasteiger partial charge in [-0.15, -0.1) is 0 Å². The highest BCUT2D eigenvalue weighted by Gasteiger charge is 2.32. The molecular weight excluding hydrogens is 358 g/mol. The van der Waals surface area contributed by atoms with E-state index in [1.807, 2.05) is 31.2 Å². The van der Waals surface area contributed by atoms with Crippen molar-refractivity contribution in [2.24, 2.45) is 0 Å². The SMILES string of the molecule is CCCOc1cccc(/C=C2/SC(=S)N(CCC(=O)OCC)C2=O)c1. The van der Waals surface area contributed by atoms with E-state index in [9.17, 15) is 9.59 Å². The van der Waals surface area contributed by atoms with E-state index in [2.05, 4.69) is 0 Å². The predicted molar refractivity (Wildman–Crippen MR) is 103 cm³/mol. The molecule has 25 heavy (non-hydrogen) atoms. The lowest BCUT2D eigenvalue weighted by Gasteiger charge is -2.13. The number of hydrogen-bond acceptors (Lipinski definition) is 6. The fourth-order valence-corrected chi connectivity index (χ4v) is 3.50. The van der Waals surface area contributed by atoms with Crippen molar-refractivity contribution in [2.75, 3.05) is 19.8 Å². The topological polar surface area (TPSA) is 55.8 Å². The molecule has 1 amide bonds. The predicted octanol–water partition coefficient (Wildman–Crippen LogP) is 3.63. The number of esters is 1. The fourth-order valence-electron chi connectivity index (χ4n) is 2.19. The largest absolute Gasteiger partial charge is 0.494 e. The number of rotatable bonds is 8. The Kier molecular flexibility index (Phi) is 7.46. The third-order valence-electron chi connectivity index (χ3n) is 3.35. The molecule has 0 unspecified atom stereocenters. The molecule has 0 bridgehead atoms. The minimum atomic E-state index is -0.332. The highest BCUT2D eigenvalue weighted by atomic mass is 32.2. The molecule has 1 aliphatic heterocycles. The summed E-state index contributed by atoms with van der Waals surface area (Å²) in [5.74, 6) is 0.258. The van der Waals surface area contributed by atoms with Gasteiger partial charge in [0.1, 0.15) is 10.1 Å². The van der Waals surface area contributed by atoms with Crippen LogP contribution in [0.2, 0.25) is 0 Å². The summed E-state index contributed by atoms with van der Waals surface area (Å²) in [7, 11) is 0. The Morgan fingerprint density at radius 3 is 2.88 bits per heavy atom. The number of thioether (sulfide) groups is 1. The van der Waals surface area contributed by atoms with Crippen molar-refractivity contribution in [3.8, 4) is 5.75 Å². The van der Waals surface area contributed by atoms with Crippen molar-refractivity contribution in [3.63, 3.8) is 0 Å². The van der Waals surface area contributed by atoms with E-state index in [4.69, 9.17) is 21.7 Å². The first-order valence-corrected chi connectivity index (χ1v) is 9.41. The molecular formula is C18H21NO4S2. The lowest BCUT2D eigenvalue weighted by Crippen LogP contribution is -2.30. The minimum absolute atomic E-state index is 0.133. The van der Waals surface area contributed by atoms with Crippen LogP contribution in [-0.2, 0) is 14.3 Å². The van der Waals surface area contributed by atoms with Crippen LogP contribution in [0.1, 0.15) is 32.3 Å². The molecule has 5 nitrogen and oxygen atoms in total. The van der Waals surface area contributed by atoms with Crippen LogP contribution in [0.3, 0.4) is 0 Å². The molecule has 0 aliphatic carbocycles. The number of benzene rings is 1. The minimum Gasteiger partial charge on any atom is -0.494 e. The van der Waals surface area contributed by atoms with Crippen molar-refractivity contribution in [1.29, 1.82) is 0 Å². The molecule has 1 aromatic carbocycles. The van der Waals surface area contributed by atoms with Crippen LogP contribution < -0.4 is 4.74 Å². The van der Waals surface area contributed by atoms with Gasteiger partial charge < -0.3 is 9.47 Å². The van der Waals surface area contributed by atoms with E-state index in [1.165, 1.54) is 16.7 Å². The molecule has 0 N–H and O–H groups in total. The Labute approximate surface area is 157 Å².